The second-order valence-electron chi connectivity index (χ2n) is 3.69. The molecule has 1 aliphatic rings. The van der Waals surface area contributed by atoms with Crippen LogP contribution in [-0.2, 0) is 16.1 Å². The van der Waals surface area contributed by atoms with Gasteiger partial charge < -0.3 is 5.73 Å². The van der Waals surface area contributed by atoms with Crippen molar-refractivity contribution in [1.82, 2.24) is 4.90 Å². The van der Waals surface area contributed by atoms with Crippen LogP contribution in [-0.4, -0.2) is 16.7 Å². The molecule has 0 radical (unpaired) electrons. The smallest absolute Gasteiger partial charge is 0.229 e. The van der Waals surface area contributed by atoms with Gasteiger partial charge in [-0.05, 0) is 27.6 Å². The Bertz CT molecular complexity index is 443. The summed E-state index contributed by atoms with van der Waals surface area (Å²) in [6.07, 6.45) is 0.636. The van der Waals surface area contributed by atoms with Gasteiger partial charge in [0.1, 0.15) is 0 Å². The summed E-state index contributed by atoms with van der Waals surface area (Å²) in [7, 11) is 0. The summed E-state index contributed by atoms with van der Waals surface area (Å²) in [5.41, 5.74) is 7.19. The Kier molecular flexibility index (Phi) is 2.96. The zero-order valence-electron chi connectivity index (χ0n) is 8.57. The van der Waals surface area contributed by atoms with Crippen LogP contribution in [0.5, 0.6) is 0 Å². The van der Waals surface area contributed by atoms with Crippen molar-refractivity contribution in [3.8, 4) is 0 Å². The normalized spacial score (nSPS) is 15.9. The maximum atomic E-state index is 11.4. The van der Waals surface area contributed by atoms with Crippen LogP contribution in [0.15, 0.2) is 22.7 Å². The average Bonchev–Trinajstić information content (AvgIpc) is 2.56. The molecule has 0 unspecified atom stereocenters. The molecule has 2 amide bonds. The molecule has 16 heavy (non-hydrogen) atoms. The van der Waals surface area contributed by atoms with Crippen molar-refractivity contribution < 1.29 is 9.59 Å². The van der Waals surface area contributed by atoms with Gasteiger partial charge in [-0.1, -0.05) is 12.1 Å². The van der Waals surface area contributed by atoms with Crippen molar-refractivity contribution in [2.45, 2.75) is 19.4 Å². The number of benzene rings is 1. The van der Waals surface area contributed by atoms with Crippen LogP contribution in [0.2, 0.25) is 0 Å². The zero-order valence-corrected chi connectivity index (χ0v) is 10.2. The Morgan fingerprint density at radius 2 is 1.88 bits per heavy atom. The first kappa shape index (κ1) is 11.1. The van der Waals surface area contributed by atoms with Crippen molar-refractivity contribution in [1.29, 1.82) is 0 Å². The van der Waals surface area contributed by atoms with Gasteiger partial charge in [0.05, 0.1) is 6.54 Å². The second kappa shape index (κ2) is 4.25. The van der Waals surface area contributed by atoms with Crippen molar-refractivity contribution in [2.24, 2.45) is 0 Å². The minimum atomic E-state index is -0.112. The van der Waals surface area contributed by atoms with Crippen molar-refractivity contribution >= 4 is 33.4 Å². The molecule has 84 valence electrons. The first-order valence-electron chi connectivity index (χ1n) is 4.95. The van der Waals surface area contributed by atoms with Gasteiger partial charge in [-0.2, -0.15) is 0 Å². The molecule has 0 spiro atoms. The van der Waals surface area contributed by atoms with Crippen molar-refractivity contribution in [3.05, 3.63) is 28.2 Å². The molecule has 2 N–H and O–H groups in total. The van der Waals surface area contributed by atoms with E-state index in [1.54, 1.807) is 12.1 Å². The topological polar surface area (TPSA) is 63.4 Å². The molecule has 1 fully saturated rings. The molecule has 0 aliphatic carbocycles. The molecule has 0 atom stereocenters. The monoisotopic (exact) mass is 282 g/mol. The average molecular weight is 283 g/mol. The minimum absolute atomic E-state index is 0.112. The number of imide groups is 1. The number of nitrogen functional groups attached to an aromatic ring is 1. The number of nitrogens with two attached hydrogens (primary N) is 1. The molecular formula is C11H11BrN2O2. The van der Waals surface area contributed by atoms with E-state index in [1.807, 2.05) is 6.07 Å². The number of hydrogen-bond acceptors (Lipinski definition) is 3. The van der Waals surface area contributed by atoms with E-state index in [-0.39, 0.29) is 11.8 Å². The van der Waals surface area contributed by atoms with E-state index in [1.165, 1.54) is 4.90 Å². The van der Waals surface area contributed by atoms with Crippen LogP contribution in [0.4, 0.5) is 5.69 Å². The van der Waals surface area contributed by atoms with Gasteiger partial charge in [-0.15, -0.1) is 0 Å². The van der Waals surface area contributed by atoms with Gasteiger partial charge in [-0.25, -0.2) is 0 Å². The van der Waals surface area contributed by atoms with Crippen LogP contribution < -0.4 is 5.73 Å². The Hall–Kier alpha value is -1.36. The highest BCUT2D eigenvalue weighted by Crippen LogP contribution is 2.26. The third kappa shape index (κ3) is 1.95. The highest BCUT2D eigenvalue weighted by Gasteiger charge is 2.29. The third-order valence-electron chi connectivity index (χ3n) is 2.59. The Balaban J connectivity index is 2.24. The Labute approximate surface area is 102 Å². The van der Waals surface area contributed by atoms with Crippen molar-refractivity contribution in [3.63, 3.8) is 0 Å². The highest BCUT2D eigenvalue weighted by molar-refractivity contribution is 9.10. The van der Waals surface area contributed by atoms with E-state index in [0.29, 0.717) is 25.1 Å². The molecule has 1 heterocycles. The number of amides is 2. The third-order valence-corrected chi connectivity index (χ3v) is 3.56. The second-order valence-corrected chi connectivity index (χ2v) is 4.49. The van der Waals surface area contributed by atoms with Crippen LogP contribution in [0.25, 0.3) is 0 Å². The number of carbonyl (C=O) groups excluding carboxylic acids is 2. The van der Waals surface area contributed by atoms with Gasteiger partial charge in [0, 0.05) is 23.0 Å². The largest absolute Gasteiger partial charge is 0.398 e. The predicted molar refractivity (Wildman–Crippen MR) is 63.3 cm³/mol. The molecule has 2 rings (SSSR count). The van der Waals surface area contributed by atoms with Crippen LogP contribution in [0.1, 0.15) is 18.4 Å². The highest BCUT2D eigenvalue weighted by atomic mass is 79.9. The van der Waals surface area contributed by atoms with Gasteiger partial charge in [-0.3, -0.25) is 14.5 Å². The molecular weight excluding hydrogens is 272 g/mol. The number of carbonyl (C=O) groups is 2. The molecule has 0 aromatic heterocycles. The van der Waals surface area contributed by atoms with Crippen LogP contribution in [0, 0.1) is 0 Å². The van der Waals surface area contributed by atoms with E-state index in [4.69, 9.17) is 5.73 Å². The SMILES string of the molecule is Nc1cccc(CN2C(=O)CCC2=O)c1Br. The summed E-state index contributed by atoms with van der Waals surface area (Å²) < 4.78 is 0.752. The molecule has 1 aromatic rings. The molecule has 4 nitrogen and oxygen atoms in total. The van der Waals surface area contributed by atoms with E-state index in [0.717, 1.165) is 10.0 Å². The van der Waals surface area contributed by atoms with E-state index in [2.05, 4.69) is 15.9 Å². The van der Waals surface area contributed by atoms with Crippen LogP contribution in [0.3, 0.4) is 0 Å². The number of anilines is 1. The lowest BCUT2D eigenvalue weighted by molar-refractivity contribution is -0.139. The molecule has 1 aromatic carbocycles. The van der Waals surface area contributed by atoms with E-state index in [9.17, 15) is 9.59 Å². The molecule has 1 saturated heterocycles. The van der Waals surface area contributed by atoms with E-state index < -0.39 is 0 Å². The summed E-state index contributed by atoms with van der Waals surface area (Å²) in [5, 5.41) is 0. The molecule has 0 bridgehead atoms. The predicted octanol–water partition coefficient (Wildman–Crippen LogP) is 1.68. The zero-order chi connectivity index (χ0) is 11.7. The lowest BCUT2D eigenvalue weighted by Gasteiger charge is -2.15. The quantitative estimate of drug-likeness (QED) is 0.663. The summed E-state index contributed by atoms with van der Waals surface area (Å²) in [5.74, 6) is -0.223. The maximum Gasteiger partial charge on any atom is 0.229 e. The van der Waals surface area contributed by atoms with Crippen molar-refractivity contribution in [2.75, 3.05) is 5.73 Å². The number of hydrogen-bond donors (Lipinski definition) is 1. The number of rotatable bonds is 2. The van der Waals surface area contributed by atoms with Gasteiger partial charge >= 0.3 is 0 Å². The Morgan fingerprint density at radius 3 is 2.50 bits per heavy atom. The summed E-state index contributed by atoms with van der Waals surface area (Å²) in [4.78, 5) is 24.2. The lowest BCUT2D eigenvalue weighted by atomic mass is 10.2. The summed E-state index contributed by atoms with van der Waals surface area (Å²) in [6.45, 7) is 0.295. The molecule has 5 heteroatoms. The van der Waals surface area contributed by atoms with Crippen LogP contribution >= 0.6 is 15.9 Å². The standard InChI is InChI=1S/C11H11BrN2O2/c12-11-7(2-1-3-8(11)13)6-14-9(15)4-5-10(14)16/h1-3H,4-6,13H2. The number of nitrogens with zero attached hydrogens (tertiary/aromatic N) is 1. The molecule has 1 aliphatic heterocycles. The number of likely N-dealkylation sites (tertiary alicyclic amines) is 1. The summed E-state index contributed by atoms with van der Waals surface area (Å²) >= 11 is 3.35. The van der Waals surface area contributed by atoms with Gasteiger partial charge in [0.15, 0.2) is 0 Å². The molecule has 0 saturated carbocycles. The van der Waals surface area contributed by atoms with Gasteiger partial charge in [0.25, 0.3) is 0 Å². The fourth-order valence-electron chi connectivity index (χ4n) is 1.69. The van der Waals surface area contributed by atoms with E-state index >= 15 is 0 Å². The number of halogens is 1. The first-order valence-corrected chi connectivity index (χ1v) is 5.75. The van der Waals surface area contributed by atoms with Gasteiger partial charge in [0.2, 0.25) is 11.8 Å². The maximum absolute atomic E-state index is 11.4. The fourth-order valence-corrected chi connectivity index (χ4v) is 2.08. The fraction of sp³-hybridized carbons (Fsp3) is 0.273. The minimum Gasteiger partial charge on any atom is -0.398 e. The first-order chi connectivity index (χ1) is 7.59. The summed E-state index contributed by atoms with van der Waals surface area (Å²) in [6, 6.07) is 5.42. The Morgan fingerprint density at radius 1 is 1.25 bits per heavy atom. The lowest BCUT2D eigenvalue weighted by Crippen LogP contribution is -2.28.